The zero-order valence-corrected chi connectivity index (χ0v) is 11.3. The van der Waals surface area contributed by atoms with Crippen molar-refractivity contribution in [3.05, 3.63) is 22.3 Å². The van der Waals surface area contributed by atoms with Gasteiger partial charge < -0.3 is 9.84 Å². The molecule has 1 N–H and O–H groups in total. The molecule has 92 valence electrons. The van der Waals surface area contributed by atoms with Gasteiger partial charge in [0.15, 0.2) is 5.79 Å². The minimum Gasteiger partial charge on any atom is -0.365 e. The van der Waals surface area contributed by atoms with Gasteiger partial charge in [0.05, 0.1) is 0 Å². The summed E-state index contributed by atoms with van der Waals surface area (Å²) in [4.78, 5) is 0. The molecule has 0 aromatic heterocycles. The van der Waals surface area contributed by atoms with Gasteiger partial charge in [-0.25, -0.2) is 0 Å². The van der Waals surface area contributed by atoms with Crippen LogP contribution >= 0.6 is 0 Å². The highest BCUT2D eigenvalue weighted by molar-refractivity contribution is 5.46. The van der Waals surface area contributed by atoms with Crippen LogP contribution in [0.2, 0.25) is 0 Å². The van der Waals surface area contributed by atoms with Gasteiger partial charge in [0.2, 0.25) is 0 Å². The first-order chi connectivity index (χ1) is 7.30. The van der Waals surface area contributed by atoms with Crippen LogP contribution in [0.15, 0.2) is 22.3 Å². The third kappa shape index (κ3) is 2.55. The van der Waals surface area contributed by atoms with Gasteiger partial charge >= 0.3 is 0 Å². The van der Waals surface area contributed by atoms with E-state index in [0.717, 1.165) is 0 Å². The van der Waals surface area contributed by atoms with Crippen molar-refractivity contribution in [3.63, 3.8) is 0 Å². The first-order valence-electron chi connectivity index (χ1n) is 6.04. The molecule has 0 radical (unpaired) electrons. The molecule has 2 heteroatoms. The summed E-state index contributed by atoms with van der Waals surface area (Å²) in [5, 5.41) is 10.1. The summed E-state index contributed by atoms with van der Waals surface area (Å²) in [5.41, 5.74) is 5.42. The molecule has 2 atom stereocenters. The SMILES string of the molecule is CCOC(C)(O)CC1=C(C)C(C)=C(C)C1C. The summed E-state index contributed by atoms with van der Waals surface area (Å²) in [6.07, 6.45) is 0.600. The maximum absolute atomic E-state index is 10.1. The Bertz CT molecular complexity index is 335. The monoisotopic (exact) mass is 224 g/mol. The van der Waals surface area contributed by atoms with Crippen molar-refractivity contribution in [3.8, 4) is 0 Å². The van der Waals surface area contributed by atoms with E-state index in [2.05, 4.69) is 27.7 Å². The molecule has 0 fully saturated rings. The molecule has 2 unspecified atom stereocenters. The second-order valence-electron chi connectivity index (χ2n) is 4.96. The molecule has 0 saturated heterocycles. The summed E-state index contributed by atoms with van der Waals surface area (Å²) in [7, 11) is 0. The minimum absolute atomic E-state index is 0.437. The highest BCUT2D eigenvalue weighted by Gasteiger charge is 2.30. The molecule has 0 aromatic carbocycles. The van der Waals surface area contributed by atoms with Gasteiger partial charge in [0, 0.05) is 13.0 Å². The van der Waals surface area contributed by atoms with Gasteiger partial charge in [0.1, 0.15) is 0 Å². The maximum atomic E-state index is 10.1. The molecule has 1 rings (SSSR count). The second-order valence-corrected chi connectivity index (χ2v) is 4.96. The molecule has 0 spiro atoms. The van der Waals surface area contributed by atoms with E-state index in [1.807, 2.05) is 6.92 Å². The van der Waals surface area contributed by atoms with E-state index in [-0.39, 0.29) is 0 Å². The van der Waals surface area contributed by atoms with Crippen molar-refractivity contribution < 1.29 is 9.84 Å². The van der Waals surface area contributed by atoms with Crippen LogP contribution < -0.4 is 0 Å². The number of rotatable bonds is 4. The van der Waals surface area contributed by atoms with Crippen molar-refractivity contribution in [1.82, 2.24) is 0 Å². The Balaban J connectivity index is 2.85. The molecule has 2 nitrogen and oxygen atoms in total. The lowest BCUT2D eigenvalue weighted by molar-refractivity contribution is -0.185. The second kappa shape index (κ2) is 4.72. The Morgan fingerprint density at radius 3 is 2.19 bits per heavy atom. The molecular weight excluding hydrogens is 200 g/mol. The maximum Gasteiger partial charge on any atom is 0.166 e. The largest absolute Gasteiger partial charge is 0.365 e. The van der Waals surface area contributed by atoms with Gasteiger partial charge in [-0.05, 0) is 51.7 Å². The van der Waals surface area contributed by atoms with Crippen LogP contribution in [0.1, 0.15) is 48.0 Å². The Labute approximate surface area is 99.0 Å². The third-order valence-electron chi connectivity index (χ3n) is 3.78. The van der Waals surface area contributed by atoms with E-state index in [1.54, 1.807) is 6.92 Å². The minimum atomic E-state index is -1.04. The number of aliphatic hydroxyl groups is 1. The molecule has 1 aliphatic rings. The average molecular weight is 224 g/mol. The van der Waals surface area contributed by atoms with Crippen LogP contribution in [0.3, 0.4) is 0 Å². The molecule has 0 saturated carbocycles. The predicted molar refractivity (Wildman–Crippen MR) is 67.1 cm³/mol. The van der Waals surface area contributed by atoms with Gasteiger partial charge in [0.25, 0.3) is 0 Å². The molecule has 0 heterocycles. The lowest BCUT2D eigenvalue weighted by Gasteiger charge is -2.26. The number of allylic oxidation sites excluding steroid dienone is 3. The summed E-state index contributed by atoms with van der Waals surface area (Å²) in [6.45, 7) is 12.9. The summed E-state index contributed by atoms with van der Waals surface area (Å²) < 4.78 is 5.36. The van der Waals surface area contributed by atoms with E-state index in [0.29, 0.717) is 18.9 Å². The lowest BCUT2D eigenvalue weighted by atomic mass is 9.92. The highest BCUT2D eigenvalue weighted by atomic mass is 16.6. The molecule has 0 aromatic rings. The molecule has 0 aliphatic heterocycles. The van der Waals surface area contributed by atoms with E-state index in [9.17, 15) is 5.11 Å². The van der Waals surface area contributed by atoms with Crippen molar-refractivity contribution in [2.24, 2.45) is 5.92 Å². The summed E-state index contributed by atoms with van der Waals surface area (Å²) >= 11 is 0. The van der Waals surface area contributed by atoms with E-state index in [4.69, 9.17) is 4.74 Å². The van der Waals surface area contributed by atoms with Crippen molar-refractivity contribution >= 4 is 0 Å². The van der Waals surface area contributed by atoms with Crippen molar-refractivity contribution in [2.75, 3.05) is 6.61 Å². The highest BCUT2D eigenvalue weighted by Crippen LogP contribution is 2.40. The zero-order valence-electron chi connectivity index (χ0n) is 11.3. The Hall–Kier alpha value is -0.600. The van der Waals surface area contributed by atoms with Gasteiger partial charge in [-0.1, -0.05) is 18.1 Å². The summed E-state index contributed by atoms with van der Waals surface area (Å²) in [5.74, 6) is -0.600. The smallest absolute Gasteiger partial charge is 0.166 e. The first kappa shape index (κ1) is 13.5. The van der Waals surface area contributed by atoms with Crippen molar-refractivity contribution in [2.45, 2.75) is 53.8 Å². The van der Waals surface area contributed by atoms with Gasteiger partial charge in [-0.15, -0.1) is 0 Å². The lowest BCUT2D eigenvalue weighted by Crippen LogP contribution is -2.29. The average Bonchev–Trinajstić information content (AvgIpc) is 2.35. The fraction of sp³-hybridized carbons (Fsp3) is 0.714. The Kier molecular flexibility index (Phi) is 3.97. The van der Waals surface area contributed by atoms with Gasteiger partial charge in [-0.2, -0.15) is 0 Å². The quantitative estimate of drug-likeness (QED) is 0.741. The number of ether oxygens (including phenoxy) is 1. The summed E-state index contributed by atoms with van der Waals surface area (Å²) in [6, 6.07) is 0. The van der Waals surface area contributed by atoms with E-state index >= 15 is 0 Å². The van der Waals surface area contributed by atoms with Gasteiger partial charge in [-0.3, -0.25) is 0 Å². The molecule has 0 bridgehead atoms. The fourth-order valence-corrected chi connectivity index (χ4v) is 2.45. The zero-order chi connectivity index (χ0) is 12.5. The van der Waals surface area contributed by atoms with Crippen LogP contribution in [0, 0.1) is 5.92 Å². The fourth-order valence-electron chi connectivity index (χ4n) is 2.45. The van der Waals surface area contributed by atoms with Crippen molar-refractivity contribution in [1.29, 1.82) is 0 Å². The topological polar surface area (TPSA) is 29.5 Å². The predicted octanol–water partition coefficient (Wildman–Crippen LogP) is 3.42. The molecule has 0 amide bonds. The van der Waals surface area contributed by atoms with E-state index < -0.39 is 5.79 Å². The van der Waals surface area contributed by atoms with Crippen LogP contribution in [-0.4, -0.2) is 17.5 Å². The van der Waals surface area contributed by atoms with E-state index in [1.165, 1.54) is 22.3 Å². The van der Waals surface area contributed by atoms with Crippen LogP contribution in [-0.2, 0) is 4.74 Å². The Morgan fingerprint density at radius 2 is 1.81 bits per heavy atom. The van der Waals surface area contributed by atoms with Crippen LogP contribution in [0.4, 0.5) is 0 Å². The normalized spacial score (nSPS) is 25.3. The first-order valence-corrected chi connectivity index (χ1v) is 6.04. The molecular formula is C14H24O2. The van der Waals surface area contributed by atoms with Crippen LogP contribution in [0.5, 0.6) is 0 Å². The molecule has 1 aliphatic carbocycles. The number of hydrogen-bond donors (Lipinski definition) is 1. The number of hydrogen-bond acceptors (Lipinski definition) is 2. The standard InChI is InChI=1S/C14H24O2/c1-7-16-14(6,15)8-13-11(4)9(2)10(3)12(13)5/h11,15H,7-8H2,1-6H3. The Morgan fingerprint density at radius 1 is 1.25 bits per heavy atom. The van der Waals surface area contributed by atoms with Crippen LogP contribution in [0.25, 0.3) is 0 Å². The molecule has 16 heavy (non-hydrogen) atoms. The third-order valence-corrected chi connectivity index (χ3v) is 3.78.